The van der Waals surface area contributed by atoms with Gasteiger partial charge in [-0.2, -0.15) is 0 Å². The molecule has 0 unspecified atom stereocenters. The molecule has 0 saturated carbocycles. The Labute approximate surface area is 140 Å². The molecule has 124 valence electrons. The van der Waals surface area contributed by atoms with Gasteiger partial charge in [0.15, 0.2) is 5.54 Å². The first-order valence-corrected chi connectivity index (χ1v) is 7.39. The summed E-state index contributed by atoms with van der Waals surface area (Å²) in [6, 6.07) is 17.4. The minimum absolute atomic E-state index is 0.0690. The number of esters is 1. The summed E-state index contributed by atoms with van der Waals surface area (Å²) in [5.74, 6) is -1.24. The molecule has 0 aliphatic rings. The first-order chi connectivity index (χ1) is 11.6. The lowest BCUT2D eigenvalue weighted by atomic mass is 9.90. The highest BCUT2D eigenvalue weighted by atomic mass is 19.1. The minimum Gasteiger partial charge on any atom is -0.467 e. The maximum absolute atomic E-state index is 13.0. The fourth-order valence-corrected chi connectivity index (χ4v) is 2.41. The van der Waals surface area contributed by atoms with Crippen molar-refractivity contribution in [1.29, 1.82) is 0 Å². The molecule has 2 rings (SSSR count). The van der Waals surface area contributed by atoms with Crippen LogP contribution in [-0.4, -0.2) is 24.5 Å². The number of rotatable bonds is 6. The molecule has 2 aromatic carbocycles. The van der Waals surface area contributed by atoms with E-state index in [2.05, 4.69) is 5.32 Å². The van der Waals surface area contributed by atoms with Gasteiger partial charge in [-0.1, -0.05) is 48.5 Å². The molecule has 0 saturated heterocycles. The van der Waals surface area contributed by atoms with E-state index in [0.717, 1.165) is 11.6 Å². The van der Waals surface area contributed by atoms with Crippen LogP contribution in [-0.2, 0) is 16.0 Å². The molecule has 1 atom stereocenters. The van der Waals surface area contributed by atoms with E-state index in [1.165, 1.54) is 7.11 Å². The summed E-state index contributed by atoms with van der Waals surface area (Å²) in [5.41, 5.74) is -0.502. The monoisotopic (exact) mass is 327 g/mol. The minimum atomic E-state index is -1.63. The highest BCUT2D eigenvalue weighted by molar-refractivity contribution is 5.99. The third kappa shape index (κ3) is 4.07. The number of hydrogen-bond acceptors (Lipinski definition) is 3. The van der Waals surface area contributed by atoms with E-state index in [9.17, 15) is 14.0 Å². The molecule has 4 nitrogen and oxygen atoms in total. The van der Waals surface area contributed by atoms with Gasteiger partial charge in [0.25, 0.3) is 5.91 Å². The molecule has 0 heterocycles. The van der Waals surface area contributed by atoms with Crippen molar-refractivity contribution in [3.63, 3.8) is 0 Å². The molecule has 5 heteroatoms. The second-order valence-corrected chi connectivity index (χ2v) is 5.24. The summed E-state index contributed by atoms with van der Waals surface area (Å²) < 4.78 is 17.8. The zero-order chi connectivity index (χ0) is 17.4. The van der Waals surface area contributed by atoms with Crippen molar-refractivity contribution in [2.75, 3.05) is 7.11 Å². The normalized spacial score (nSPS) is 13.2. The molecular formula is C19H18FNO3. The van der Waals surface area contributed by atoms with Crippen LogP contribution in [0, 0.1) is 0 Å². The Morgan fingerprint density at radius 1 is 1.08 bits per heavy atom. The number of nitrogens with one attached hydrogen (secondary N) is 1. The third-order valence-electron chi connectivity index (χ3n) is 3.60. The van der Waals surface area contributed by atoms with Crippen molar-refractivity contribution < 1.29 is 18.7 Å². The molecule has 2 aromatic rings. The summed E-state index contributed by atoms with van der Waals surface area (Å²) in [4.78, 5) is 24.8. The van der Waals surface area contributed by atoms with Gasteiger partial charge in [0.2, 0.25) is 0 Å². The van der Waals surface area contributed by atoms with Gasteiger partial charge in [-0.25, -0.2) is 9.18 Å². The van der Waals surface area contributed by atoms with Crippen molar-refractivity contribution >= 4 is 11.9 Å². The van der Waals surface area contributed by atoms with Gasteiger partial charge in [-0.05, 0) is 23.8 Å². The van der Waals surface area contributed by atoms with Crippen LogP contribution in [0.1, 0.15) is 15.9 Å². The van der Waals surface area contributed by atoms with E-state index in [1.807, 2.05) is 6.07 Å². The number of halogens is 1. The van der Waals surface area contributed by atoms with E-state index in [1.54, 1.807) is 54.6 Å². The van der Waals surface area contributed by atoms with E-state index in [4.69, 9.17) is 4.74 Å². The van der Waals surface area contributed by atoms with Crippen molar-refractivity contribution in [3.8, 4) is 0 Å². The number of ether oxygens (including phenoxy) is 1. The number of carbonyl (C=O) groups is 2. The van der Waals surface area contributed by atoms with Gasteiger partial charge in [0, 0.05) is 12.0 Å². The van der Waals surface area contributed by atoms with Gasteiger partial charge in [-0.15, -0.1) is 0 Å². The SMILES string of the molecule is COC(=O)[C@@](/C=C\F)(Cc1ccccc1)NC(=O)c1ccccc1. The lowest BCUT2D eigenvalue weighted by Gasteiger charge is -2.29. The number of hydrogen-bond donors (Lipinski definition) is 1. The van der Waals surface area contributed by atoms with Gasteiger partial charge < -0.3 is 10.1 Å². The fraction of sp³-hybridized carbons (Fsp3) is 0.158. The standard InChI is InChI=1S/C19H18FNO3/c1-24-18(23)19(12-13-20,14-15-8-4-2-5-9-15)21-17(22)16-10-6-3-7-11-16/h2-13H,14H2,1H3,(H,21,22)/b13-12-/t19-/m1/s1. The Bertz CT molecular complexity index is 716. The third-order valence-corrected chi connectivity index (χ3v) is 3.60. The Balaban J connectivity index is 2.37. The van der Waals surface area contributed by atoms with Crippen LogP contribution in [0.15, 0.2) is 73.1 Å². The Hall–Kier alpha value is -2.95. The second kappa shape index (κ2) is 8.06. The van der Waals surface area contributed by atoms with Crippen molar-refractivity contribution in [1.82, 2.24) is 5.32 Å². The predicted molar refractivity (Wildman–Crippen MR) is 89.0 cm³/mol. The van der Waals surface area contributed by atoms with Crippen molar-refractivity contribution in [2.45, 2.75) is 12.0 Å². The summed E-state index contributed by atoms with van der Waals surface area (Å²) in [5, 5.41) is 2.61. The molecule has 0 spiro atoms. The van der Waals surface area contributed by atoms with Gasteiger partial charge >= 0.3 is 5.97 Å². The average molecular weight is 327 g/mol. The van der Waals surface area contributed by atoms with Crippen LogP contribution < -0.4 is 5.32 Å². The maximum Gasteiger partial charge on any atom is 0.336 e. The smallest absolute Gasteiger partial charge is 0.336 e. The molecule has 0 aromatic heterocycles. The first kappa shape index (κ1) is 17.4. The molecule has 1 N–H and O–H groups in total. The van der Waals surface area contributed by atoms with Crippen molar-refractivity contribution in [3.05, 3.63) is 84.2 Å². The van der Waals surface area contributed by atoms with E-state index < -0.39 is 17.4 Å². The number of carbonyl (C=O) groups excluding carboxylic acids is 2. The van der Waals surface area contributed by atoms with Crippen molar-refractivity contribution in [2.24, 2.45) is 0 Å². The molecule has 1 amide bonds. The number of benzene rings is 2. The number of amides is 1. The first-order valence-electron chi connectivity index (χ1n) is 7.39. The molecule has 0 aliphatic carbocycles. The Morgan fingerprint density at radius 2 is 1.67 bits per heavy atom. The molecule has 0 bridgehead atoms. The van der Waals surface area contributed by atoms with Crippen LogP contribution >= 0.6 is 0 Å². The fourth-order valence-electron chi connectivity index (χ4n) is 2.41. The Kier molecular flexibility index (Phi) is 5.84. The summed E-state index contributed by atoms with van der Waals surface area (Å²) >= 11 is 0. The molecule has 0 radical (unpaired) electrons. The topological polar surface area (TPSA) is 55.4 Å². The van der Waals surface area contributed by atoms with Crippen LogP contribution in [0.3, 0.4) is 0 Å². The predicted octanol–water partition coefficient (Wildman–Crippen LogP) is 3.05. The summed E-state index contributed by atoms with van der Waals surface area (Å²) in [6.07, 6.45) is 1.32. The summed E-state index contributed by atoms with van der Waals surface area (Å²) in [7, 11) is 1.20. The quantitative estimate of drug-likeness (QED) is 0.830. The van der Waals surface area contributed by atoms with Crippen LogP contribution in [0.4, 0.5) is 4.39 Å². The van der Waals surface area contributed by atoms with E-state index in [0.29, 0.717) is 5.56 Å². The highest BCUT2D eigenvalue weighted by Crippen LogP contribution is 2.19. The second-order valence-electron chi connectivity index (χ2n) is 5.24. The Morgan fingerprint density at radius 3 is 2.21 bits per heavy atom. The van der Waals surface area contributed by atoms with E-state index in [-0.39, 0.29) is 12.8 Å². The van der Waals surface area contributed by atoms with Gasteiger partial charge in [0.1, 0.15) is 0 Å². The zero-order valence-electron chi connectivity index (χ0n) is 13.2. The lowest BCUT2D eigenvalue weighted by molar-refractivity contribution is -0.146. The molecular weight excluding hydrogens is 309 g/mol. The van der Waals surface area contributed by atoms with Crippen LogP contribution in [0.5, 0.6) is 0 Å². The highest BCUT2D eigenvalue weighted by Gasteiger charge is 2.39. The van der Waals surface area contributed by atoms with Gasteiger partial charge in [-0.3, -0.25) is 4.79 Å². The summed E-state index contributed by atoms with van der Waals surface area (Å²) in [6.45, 7) is 0. The average Bonchev–Trinajstić information content (AvgIpc) is 2.62. The van der Waals surface area contributed by atoms with Crippen LogP contribution in [0.25, 0.3) is 0 Å². The molecule has 0 aliphatic heterocycles. The maximum atomic E-state index is 13.0. The van der Waals surface area contributed by atoms with Gasteiger partial charge in [0.05, 0.1) is 13.4 Å². The lowest BCUT2D eigenvalue weighted by Crippen LogP contribution is -2.55. The van der Waals surface area contributed by atoms with E-state index >= 15 is 0 Å². The molecule has 24 heavy (non-hydrogen) atoms. The zero-order valence-corrected chi connectivity index (χ0v) is 13.2. The number of methoxy groups -OCH3 is 1. The largest absolute Gasteiger partial charge is 0.467 e. The van der Waals surface area contributed by atoms with Crippen LogP contribution in [0.2, 0.25) is 0 Å². The molecule has 0 fully saturated rings.